The average molecular weight is 523 g/mol. The summed E-state index contributed by atoms with van der Waals surface area (Å²) in [5, 5.41) is 4.62. The molecule has 1 N–H and O–H groups in total. The van der Waals surface area contributed by atoms with Gasteiger partial charge >= 0.3 is 0 Å². The predicted octanol–water partition coefficient (Wildman–Crippen LogP) is 6.21. The van der Waals surface area contributed by atoms with Crippen molar-refractivity contribution in [2.24, 2.45) is 5.10 Å². The zero-order valence-corrected chi connectivity index (χ0v) is 18.5. The molecule has 0 heterocycles. The summed E-state index contributed by atoms with van der Waals surface area (Å²) in [6.07, 6.45) is 1.55. The van der Waals surface area contributed by atoms with Crippen molar-refractivity contribution in [3.8, 4) is 5.75 Å². The third-order valence-electron chi connectivity index (χ3n) is 3.76. The van der Waals surface area contributed by atoms with Gasteiger partial charge in [0.1, 0.15) is 12.4 Å². The highest BCUT2D eigenvalue weighted by Crippen LogP contribution is 2.23. The Kier molecular flexibility index (Phi) is 7.25. The van der Waals surface area contributed by atoms with E-state index in [1.165, 1.54) is 0 Å². The molecule has 0 fully saturated rings. The molecular weight excluding hydrogens is 508 g/mol. The van der Waals surface area contributed by atoms with E-state index in [9.17, 15) is 4.79 Å². The van der Waals surface area contributed by atoms with E-state index >= 15 is 0 Å². The van der Waals surface area contributed by atoms with Crippen LogP contribution in [-0.2, 0) is 6.61 Å². The highest BCUT2D eigenvalue weighted by atomic mass is 79.9. The van der Waals surface area contributed by atoms with Gasteiger partial charge in [0.15, 0.2) is 0 Å². The number of benzene rings is 3. The van der Waals surface area contributed by atoms with Crippen LogP contribution >= 0.6 is 43.5 Å². The van der Waals surface area contributed by atoms with Crippen molar-refractivity contribution in [3.05, 3.63) is 97.4 Å². The normalized spacial score (nSPS) is 10.8. The van der Waals surface area contributed by atoms with Crippen molar-refractivity contribution in [3.63, 3.8) is 0 Å². The Labute approximate surface area is 184 Å². The lowest BCUT2D eigenvalue weighted by Crippen LogP contribution is -2.17. The maximum atomic E-state index is 12.1. The van der Waals surface area contributed by atoms with Crippen LogP contribution < -0.4 is 10.2 Å². The van der Waals surface area contributed by atoms with Gasteiger partial charge in [-0.15, -0.1) is 0 Å². The van der Waals surface area contributed by atoms with E-state index in [4.69, 9.17) is 16.3 Å². The fraction of sp³-hybridized carbons (Fsp3) is 0.0476. The zero-order valence-electron chi connectivity index (χ0n) is 14.5. The molecule has 0 aliphatic rings. The van der Waals surface area contributed by atoms with Gasteiger partial charge < -0.3 is 4.74 Å². The topological polar surface area (TPSA) is 50.7 Å². The van der Waals surface area contributed by atoms with Gasteiger partial charge in [-0.1, -0.05) is 55.6 Å². The van der Waals surface area contributed by atoms with Gasteiger partial charge in [-0.2, -0.15) is 5.10 Å². The van der Waals surface area contributed by atoms with Crippen LogP contribution in [0.5, 0.6) is 5.75 Å². The van der Waals surface area contributed by atoms with Crippen LogP contribution in [0.15, 0.2) is 80.8 Å². The summed E-state index contributed by atoms with van der Waals surface area (Å²) in [7, 11) is 0. The van der Waals surface area contributed by atoms with Gasteiger partial charge in [-0.25, -0.2) is 5.43 Å². The molecule has 0 bridgehead atoms. The van der Waals surface area contributed by atoms with Gasteiger partial charge in [0.05, 0.1) is 6.21 Å². The van der Waals surface area contributed by atoms with Crippen LogP contribution in [-0.4, -0.2) is 12.1 Å². The monoisotopic (exact) mass is 520 g/mol. The van der Waals surface area contributed by atoms with Crippen LogP contribution in [0.1, 0.15) is 21.5 Å². The van der Waals surface area contributed by atoms with Gasteiger partial charge in [-0.05, 0) is 60.2 Å². The first-order valence-corrected chi connectivity index (χ1v) is 10.2. The molecule has 7 heteroatoms. The molecule has 0 spiro atoms. The molecule has 3 aromatic rings. The van der Waals surface area contributed by atoms with Crippen molar-refractivity contribution in [2.45, 2.75) is 6.61 Å². The Morgan fingerprint density at radius 2 is 1.68 bits per heavy atom. The molecule has 0 aliphatic carbocycles. The molecule has 0 saturated heterocycles. The predicted molar refractivity (Wildman–Crippen MR) is 119 cm³/mol. The van der Waals surface area contributed by atoms with Crippen LogP contribution in [0.2, 0.25) is 5.02 Å². The lowest BCUT2D eigenvalue weighted by Gasteiger charge is -2.10. The molecule has 1 amide bonds. The molecule has 3 aromatic carbocycles. The molecule has 3 rings (SSSR count). The largest absolute Gasteiger partial charge is 0.488 e. The second-order valence-corrected chi connectivity index (χ2v) is 8.07. The molecule has 28 heavy (non-hydrogen) atoms. The highest BCUT2D eigenvalue weighted by Gasteiger charge is 2.06. The van der Waals surface area contributed by atoms with E-state index < -0.39 is 0 Å². The third kappa shape index (κ3) is 5.92. The molecule has 0 saturated carbocycles. The molecular formula is C21H15Br2ClN2O2. The number of halogens is 3. The fourth-order valence-corrected chi connectivity index (χ4v) is 3.09. The average Bonchev–Trinajstić information content (AvgIpc) is 2.69. The van der Waals surface area contributed by atoms with E-state index in [1.807, 2.05) is 42.5 Å². The number of nitrogens with one attached hydrogen (secondary N) is 1. The summed E-state index contributed by atoms with van der Waals surface area (Å²) in [4.78, 5) is 12.1. The number of ether oxygens (including phenoxy) is 1. The van der Waals surface area contributed by atoms with Gasteiger partial charge in [0.25, 0.3) is 5.91 Å². The van der Waals surface area contributed by atoms with E-state index in [0.29, 0.717) is 22.9 Å². The lowest BCUT2D eigenvalue weighted by molar-refractivity contribution is 0.0955. The summed E-state index contributed by atoms with van der Waals surface area (Å²) in [5.41, 5.74) is 4.76. The van der Waals surface area contributed by atoms with Gasteiger partial charge in [0, 0.05) is 25.1 Å². The van der Waals surface area contributed by atoms with Crippen LogP contribution in [0.25, 0.3) is 0 Å². The fourth-order valence-electron chi connectivity index (χ4n) is 2.32. The second kappa shape index (κ2) is 9.87. The minimum atomic E-state index is -0.319. The maximum Gasteiger partial charge on any atom is 0.271 e. The summed E-state index contributed by atoms with van der Waals surface area (Å²) in [6, 6.07) is 20.1. The first-order chi connectivity index (χ1) is 13.5. The molecule has 142 valence electrons. The van der Waals surface area contributed by atoms with E-state index in [0.717, 1.165) is 20.1 Å². The summed E-state index contributed by atoms with van der Waals surface area (Å²) in [5.74, 6) is 0.343. The number of carbonyl (C=O) groups is 1. The number of hydrazone groups is 1. The molecule has 0 radical (unpaired) electrons. The zero-order chi connectivity index (χ0) is 19.9. The second-order valence-electron chi connectivity index (χ2n) is 5.80. The molecule has 0 unspecified atom stereocenters. The van der Waals surface area contributed by atoms with E-state index in [1.54, 1.807) is 30.5 Å². The van der Waals surface area contributed by atoms with E-state index in [2.05, 4.69) is 42.4 Å². The number of carbonyl (C=O) groups excluding carboxylic acids is 1. The smallest absolute Gasteiger partial charge is 0.271 e. The van der Waals surface area contributed by atoms with Gasteiger partial charge in [0.2, 0.25) is 0 Å². The minimum Gasteiger partial charge on any atom is -0.488 e. The highest BCUT2D eigenvalue weighted by molar-refractivity contribution is 9.10. The molecule has 4 nitrogen and oxygen atoms in total. The minimum absolute atomic E-state index is 0.319. The summed E-state index contributed by atoms with van der Waals surface area (Å²) >= 11 is 12.7. The molecule has 0 aromatic heterocycles. The lowest BCUT2D eigenvalue weighted by atomic mass is 10.2. The summed E-state index contributed by atoms with van der Waals surface area (Å²) < 4.78 is 7.82. The Balaban J connectivity index is 1.67. The van der Waals surface area contributed by atoms with Crippen molar-refractivity contribution < 1.29 is 9.53 Å². The SMILES string of the molecule is O=C(N/N=C\c1cc(Br)ccc1OCc1ccc(Br)cc1)c1ccc(Cl)cc1. The Morgan fingerprint density at radius 1 is 1.00 bits per heavy atom. The van der Waals surface area contributed by atoms with Crippen molar-refractivity contribution in [1.82, 2.24) is 5.43 Å². The number of amides is 1. The first kappa shape index (κ1) is 20.6. The first-order valence-electron chi connectivity index (χ1n) is 8.27. The Morgan fingerprint density at radius 3 is 2.39 bits per heavy atom. The Hall–Kier alpha value is -2.15. The maximum absolute atomic E-state index is 12.1. The van der Waals surface area contributed by atoms with Crippen molar-refractivity contribution in [1.29, 1.82) is 0 Å². The third-order valence-corrected chi connectivity index (χ3v) is 5.03. The van der Waals surface area contributed by atoms with Crippen molar-refractivity contribution >= 4 is 55.6 Å². The standard InChI is InChI=1S/C21H15Br2ClN2O2/c22-17-5-1-14(2-6-17)13-28-20-10-7-18(23)11-16(20)12-25-26-21(27)15-3-8-19(24)9-4-15/h1-12H,13H2,(H,26,27)/b25-12-. The van der Waals surface area contributed by atoms with Gasteiger partial charge in [-0.3, -0.25) is 4.79 Å². The van der Waals surface area contributed by atoms with Crippen LogP contribution in [0.4, 0.5) is 0 Å². The van der Waals surface area contributed by atoms with Crippen LogP contribution in [0.3, 0.4) is 0 Å². The quantitative estimate of drug-likeness (QED) is 0.309. The number of nitrogens with zero attached hydrogens (tertiary/aromatic N) is 1. The van der Waals surface area contributed by atoms with E-state index in [-0.39, 0.29) is 5.91 Å². The Bertz CT molecular complexity index is 990. The summed E-state index contributed by atoms with van der Waals surface area (Å²) in [6.45, 7) is 0.423. The molecule has 0 aliphatic heterocycles. The number of hydrogen-bond acceptors (Lipinski definition) is 3. The van der Waals surface area contributed by atoms with Crippen LogP contribution in [0, 0.1) is 0 Å². The van der Waals surface area contributed by atoms with Crippen molar-refractivity contribution in [2.75, 3.05) is 0 Å². The molecule has 0 atom stereocenters. The number of rotatable bonds is 6. The number of hydrogen-bond donors (Lipinski definition) is 1.